The Labute approximate surface area is 203 Å². The molecule has 7 heteroatoms. The Morgan fingerprint density at radius 1 is 1.00 bits per heavy atom. The zero-order chi connectivity index (χ0) is 24.2. The zero-order valence-electron chi connectivity index (χ0n) is 19.4. The molecular formula is C27H27NO5S. The van der Waals surface area contributed by atoms with Crippen LogP contribution in [0.3, 0.4) is 0 Å². The van der Waals surface area contributed by atoms with Crippen LogP contribution in [-0.4, -0.2) is 30.0 Å². The van der Waals surface area contributed by atoms with Crippen molar-refractivity contribution in [3.63, 3.8) is 0 Å². The fourth-order valence-corrected chi connectivity index (χ4v) is 4.64. The number of ether oxygens (including phenoxy) is 2. The van der Waals surface area contributed by atoms with Crippen LogP contribution in [-0.2, 0) is 9.59 Å². The maximum Gasteiger partial charge on any atom is 0.300 e. The molecule has 2 aromatic carbocycles. The minimum Gasteiger partial charge on any atom is -0.507 e. The lowest BCUT2D eigenvalue weighted by Crippen LogP contribution is -2.29. The Morgan fingerprint density at radius 2 is 1.65 bits per heavy atom. The molecule has 0 radical (unpaired) electrons. The fraction of sp³-hybridized carbons (Fsp3) is 0.259. The van der Waals surface area contributed by atoms with Gasteiger partial charge in [-0.3, -0.25) is 14.5 Å². The smallest absolute Gasteiger partial charge is 0.300 e. The number of aliphatic hydroxyl groups is 1. The highest BCUT2D eigenvalue weighted by atomic mass is 32.1. The number of anilines is 1. The molecule has 1 aliphatic heterocycles. The number of Topliss-reactive ketones (excluding diaryl/α,β-unsaturated/α-hetero) is 1. The number of benzene rings is 2. The van der Waals surface area contributed by atoms with Crippen LogP contribution in [0, 0.1) is 5.92 Å². The summed E-state index contributed by atoms with van der Waals surface area (Å²) in [6.45, 7) is 7.13. The zero-order valence-corrected chi connectivity index (χ0v) is 20.2. The number of carbonyl (C=O) groups excluding carboxylic acids is 2. The molecule has 0 aliphatic carbocycles. The lowest BCUT2D eigenvalue weighted by Gasteiger charge is -2.24. The van der Waals surface area contributed by atoms with Crippen LogP contribution in [0.5, 0.6) is 11.5 Å². The van der Waals surface area contributed by atoms with E-state index in [0.717, 1.165) is 4.88 Å². The Kier molecular flexibility index (Phi) is 7.03. The third kappa shape index (κ3) is 4.70. The molecular weight excluding hydrogens is 450 g/mol. The number of thiophene rings is 1. The van der Waals surface area contributed by atoms with E-state index in [-0.39, 0.29) is 11.3 Å². The van der Waals surface area contributed by atoms with Gasteiger partial charge in [-0.2, -0.15) is 0 Å². The van der Waals surface area contributed by atoms with Gasteiger partial charge < -0.3 is 14.6 Å². The van der Waals surface area contributed by atoms with Crippen molar-refractivity contribution < 1.29 is 24.2 Å². The van der Waals surface area contributed by atoms with Crippen molar-refractivity contribution in [1.29, 1.82) is 0 Å². The quantitative estimate of drug-likeness (QED) is 0.252. The summed E-state index contributed by atoms with van der Waals surface area (Å²) in [5, 5.41) is 13.1. The molecule has 6 nitrogen and oxygen atoms in total. The van der Waals surface area contributed by atoms with Crippen molar-refractivity contribution in [2.24, 2.45) is 5.92 Å². The second kappa shape index (κ2) is 10.1. The molecule has 1 aromatic heterocycles. The average molecular weight is 478 g/mol. The Hall–Kier alpha value is -3.58. The van der Waals surface area contributed by atoms with E-state index in [0.29, 0.717) is 41.9 Å². The Bertz CT molecular complexity index is 1180. The Morgan fingerprint density at radius 3 is 2.24 bits per heavy atom. The van der Waals surface area contributed by atoms with Crippen molar-refractivity contribution >= 4 is 34.5 Å². The molecule has 1 atom stereocenters. The molecule has 1 saturated heterocycles. The third-order valence-corrected chi connectivity index (χ3v) is 6.32. The van der Waals surface area contributed by atoms with E-state index in [1.54, 1.807) is 48.5 Å². The van der Waals surface area contributed by atoms with E-state index >= 15 is 0 Å². The largest absolute Gasteiger partial charge is 0.507 e. The summed E-state index contributed by atoms with van der Waals surface area (Å²) in [6, 6.07) is 16.9. The van der Waals surface area contributed by atoms with Crippen LogP contribution in [0.4, 0.5) is 5.69 Å². The number of hydrogen-bond donors (Lipinski definition) is 1. The van der Waals surface area contributed by atoms with Gasteiger partial charge in [0.25, 0.3) is 11.7 Å². The third-order valence-electron chi connectivity index (χ3n) is 5.39. The highest BCUT2D eigenvalue weighted by Crippen LogP contribution is 2.43. The minimum absolute atomic E-state index is 0.0668. The standard InChI is InChI=1S/C27H27NO5S/c1-4-32-20-13-9-19(10-14-20)28-24(22-6-5-15-34-22)23(26(30)27(28)31)25(29)18-7-11-21(12-8-18)33-16-17(2)3/h5-15,17,24,29H,4,16H2,1-3H3/b25-23-. The molecule has 34 heavy (non-hydrogen) atoms. The van der Waals surface area contributed by atoms with Gasteiger partial charge in [0.1, 0.15) is 23.3 Å². The molecule has 0 saturated carbocycles. The summed E-state index contributed by atoms with van der Waals surface area (Å²) in [6.07, 6.45) is 0. The van der Waals surface area contributed by atoms with Gasteiger partial charge in [0.05, 0.1) is 18.8 Å². The molecule has 1 N–H and O–H groups in total. The van der Waals surface area contributed by atoms with Gasteiger partial charge in [0.2, 0.25) is 0 Å². The summed E-state index contributed by atoms with van der Waals surface area (Å²) in [5.41, 5.74) is 1.07. The maximum absolute atomic E-state index is 13.2. The normalized spacial score (nSPS) is 17.4. The number of amides is 1. The van der Waals surface area contributed by atoms with E-state index in [4.69, 9.17) is 9.47 Å². The van der Waals surface area contributed by atoms with E-state index in [2.05, 4.69) is 13.8 Å². The second-order valence-electron chi connectivity index (χ2n) is 8.34. The summed E-state index contributed by atoms with van der Waals surface area (Å²) < 4.78 is 11.2. The Balaban J connectivity index is 1.74. The number of rotatable bonds is 8. The number of nitrogens with zero attached hydrogens (tertiary/aromatic N) is 1. The van der Waals surface area contributed by atoms with Gasteiger partial charge in [0.15, 0.2) is 0 Å². The molecule has 0 spiro atoms. The van der Waals surface area contributed by atoms with Gasteiger partial charge in [-0.15, -0.1) is 11.3 Å². The minimum atomic E-state index is -0.727. The van der Waals surface area contributed by atoms with Crippen molar-refractivity contribution in [2.45, 2.75) is 26.8 Å². The number of hydrogen-bond acceptors (Lipinski definition) is 6. The van der Waals surface area contributed by atoms with Gasteiger partial charge in [-0.05, 0) is 72.8 Å². The van der Waals surface area contributed by atoms with E-state index < -0.39 is 17.7 Å². The van der Waals surface area contributed by atoms with Crippen molar-refractivity contribution in [2.75, 3.05) is 18.1 Å². The van der Waals surface area contributed by atoms with Crippen LogP contribution in [0.25, 0.3) is 5.76 Å². The van der Waals surface area contributed by atoms with Crippen molar-refractivity contribution in [1.82, 2.24) is 0 Å². The highest BCUT2D eigenvalue weighted by Gasteiger charge is 2.47. The molecule has 1 amide bonds. The van der Waals surface area contributed by atoms with E-state index in [9.17, 15) is 14.7 Å². The monoisotopic (exact) mass is 477 g/mol. The van der Waals surface area contributed by atoms with Gasteiger partial charge >= 0.3 is 0 Å². The molecule has 2 heterocycles. The average Bonchev–Trinajstić information content (AvgIpc) is 3.45. The number of ketones is 1. The summed E-state index contributed by atoms with van der Waals surface area (Å²) >= 11 is 1.43. The number of aliphatic hydroxyl groups excluding tert-OH is 1. The van der Waals surface area contributed by atoms with Crippen LogP contribution in [0.2, 0.25) is 0 Å². The van der Waals surface area contributed by atoms with Crippen LogP contribution < -0.4 is 14.4 Å². The first-order chi connectivity index (χ1) is 16.4. The first-order valence-electron chi connectivity index (χ1n) is 11.2. The summed E-state index contributed by atoms with van der Waals surface area (Å²) in [4.78, 5) is 28.5. The molecule has 3 aromatic rings. The predicted molar refractivity (Wildman–Crippen MR) is 133 cm³/mol. The maximum atomic E-state index is 13.2. The van der Waals surface area contributed by atoms with E-state index in [1.165, 1.54) is 16.2 Å². The van der Waals surface area contributed by atoms with Crippen molar-refractivity contribution in [3.05, 3.63) is 82.1 Å². The molecule has 1 unspecified atom stereocenters. The van der Waals surface area contributed by atoms with Gasteiger partial charge in [-0.25, -0.2) is 0 Å². The van der Waals surface area contributed by atoms with Gasteiger partial charge in [0, 0.05) is 16.1 Å². The first kappa shape index (κ1) is 23.6. The van der Waals surface area contributed by atoms with Gasteiger partial charge in [-0.1, -0.05) is 19.9 Å². The lowest BCUT2D eigenvalue weighted by molar-refractivity contribution is -0.132. The molecule has 1 aliphatic rings. The van der Waals surface area contributed by atoms with E-state index in [1.807, 2.05) is 24.4 Å². The molecule has 1 fully saturated rings. The highest BCUT2D eigenvalue weighted by molar-refractivity contribution is 7.10. The fourth-order valence-electron chi connectivity index (χ4n) is 3.81. The second-order valence-corrected chi connectivity index (χ2v) is 9.32. The number of carbonyl (C=O) groups is 2. The SMILES string of the molecule is CCOc1ccc(N2C(=O)C(=O)/C(=C(\O)c3ccc(OCC(C)C)cc3)C2c2cccs2)cc1. The van der Waals surface area contributed by atoms with Crippen LogP contribution in [0.15, 0.2) is 71.6 Å². The van der Waals surface area contributed by atoms with Crippen molar-refractivity contribution in [3.8, 4) is 11.5 Å². The predicted octanol–water partition coefficient (Wildman–Crippen LogP) is 5.81. The topological polar surface area (TPSA) is 76.1 Å². The van der Waals surface area contributed by atoms with Crippen LogP contribution in [0.1, 0.15) is 37.3 Å². The molecule has 0 bridgehead atoms. The summed E-state index contributed by atoms with van der Waals surface area (Å²) in [5.74, 6) is 0.133. The first-order valence-corrected chi connectivity index (χ1v) is 12.1. The van der Waals surface area contributed by atoms with Crippen LogP contribution >= 0.6 is 11.3 Å². The lowest BCUT2D eigenvalue weighted by atomic mass is 9.99. The molecule has 176 valence electrons. The molecule has 4 rings (SSSR count). The summed E-state index contributed by atoms with van der Waals surface area (Å²) in [7, 11) is 0.